The van der Waals surface area contributed by atoms with E-state index >= 15 is 0 Å². The quantitative estimate of drug-likeness (QED) is 0.515. The normalized spacial score (nSPS) is 18.3. The number of carbonyl (C=O) groups excluding carboxylic acids is 4. The molecule has 3 N–H and O–H groups in total. The highest BCUT2D eigenvalue weighted by Gasteiger charge is 2.52. The molecule has 3 rings (SSSR count). The Morgan fingerprint density at radius 3 is 2.48 bits per heavy atom. The smallest absolute Gasteiger partial charge is 0.344 e. The van der Waals surface area contributed by atoms with E-state index < -0.39 is 36.0 Å². The van der Waals surface area contributed by atoms with Crippen molar-refractivity contribution >= 4 is 23.8 Å². The summed E-state index contributed by atoms with van der Waals surface area (Å²) in [6.07, 6.45) is 3.70. The number of urea groups is 1. The first kappa shape index (κ1) is 18.7. The van der Waals surface area contributed by atoms with E-state index in [1.165, 1.54) is 12.1 Å². The van der Waals surface area contributed by atoms with Crippen LogP contribution < -0.4 is 10.7 Å². The number of phenols is 1. The number of hydrazine groups is 1. The van der Waals surface area contributed by atoms with Gasteiger partial charge in [-0.2, -0.15) is 5.01 Å². The highest BCUT2D eigenvalue weighted by Crippen LogP contribution is 2.32. The van der Waals surface area contributed by atoms with E-state index in [1.54, 1.807) is 12.1 Å². The molecular formula is C18H21N3O6. The molecule has 2 aliphatic rings. The lowest BCUT2D eigenvalue weighted by Gasteiger charge is -2.30. The Hall–Kier alpha value is -3.10. The SMILES string of the molecule is O=C(COC(=O)Cc1ccc(O)cc1)NN1C(=O)NC2(CCCCC2)C1=O. The first-order valence-corrected chi connectivity index (χ1v) is 8.79. The summed E-state index contributed by atoms with van der Waals surface area (Å²) in [5.41, 5.74) is 1.88. The van der Waals surface area contributed by atoms with Gasteiger partial charge in [-0.1, -0.05) is 31.4 Å². The van der Waals surface area contributed by atoms with Crippen LogP contribution in [0.2, 0.25) is 0 Å². The molecule has 0 unspecified atom stereocenters. The highest BCUT2D eigenvalue weighted by molar-refractivity contribution is 6.08. The molecule has 1 aromatic rings. The fourth-order valence-electron chi connectivity index (χ4n) is 3.35. The summed E-state index contributed by atoms with van der Waals surface area (Å²) in [6, 6.07) is 5.33. The second-order valence-corrected chi connectivity index (χ2v) is 6.75. The minimum absolute atomic E-state index is 0.0696. The number of aromatic hydroxyl groups is 1. The van der Waals surface area contributed by atoms with Gasteiger partial charge in [-0.3, -0.25) is 19.8 Å². The van der Waals surface area contributed by atoms with E-state index in [4.69, 9.17) is 4.74 Å². The first-order chi connectivity index (χ1) is 12.9. The average Bonchev–Trinajstić information content (AvgIpc) is 2.86. The van der Waals surface area contributed by atoms with Crippen molar-refractivity contribution in [2.75, 3.05) is 6.61 Å². The topological polar surface area (TPSA) is 125 Å². The van der Waals surface area contributed by atoms with Crippen LogP contribution in [0.1, 0.15) is 37.7 Å². The minimum Gasteiger partial charge on any atom is -0.508 e. The van der Waals surface area contributed by atoms with E-state index in [0.717, 1.165) is 19.3 Å². The number of hydrogen-bond acceptors (Lipinski definition) is 6. The lowest BCUT2D eigenvalue weighted by Crippen LogP contribution is -2.51. The van der Waals surface area contributed by atoms with Gasteiger partial charge in [0.2, 0.25) is 0 Å². The van der Waals surface area contributed by atoms with Crippen LogP contribution in [0.4, 0.5) is 4.79 Å². The number of nitrogens with one attached hydrogen (secondary N) is 2. The van der Waals surface area contributed by atoms with Crippen LogP contribution in [0, 0.1) is 0 Å². The van der Waals surface area contributed by atoms with Gasteiger partial charge in [0.1, 0.15) is 11.3 Å². The number of rotatable bonds is 5. The van der Waals surface area contributed by atoms with E-state index in [0.29, 0.717) is 23.4 Å². The zero-order valence-electron chi connectivity index (χ0n) is 14.7. The molecule has 0 aromatic heterocycles. The monoisotopic (exact) mass is 375 g/mol. The van der Waals surface area contributed by atoms with Crippen LogP contribution in [0.15, 0.2) is 24.3 Å². The van der Waals surface area contributed by atoms with Crippen LogP contribution in [-0.2, 0) is 25.5 Å². The molecule has 0 radical (unpaired) electrons. The molecule has 9 heteroatoms. The van der Waals surface area contributed by atoms with E-state index in [2.05, 4.69) is 10.7 Å². The van der Waals surface area contributed by atoms with Gasteiger partial charge in [0.25, 0.3) is 11.8 Å². The van der Waals surface area contributed by atoms with Crippen molar-refractivity contribution in [3.05, 3.63) is 29.8 Å². The first-order valence-electron chi connectivity index (χ1n) is 8.79. The van der Waals surface area contributed by atoms with Gasteiger partial charge in [0.05, 0.1) is 6.42 Å². The van der Waals surface area contributed by atoms with Gasteiger partial charge in [-0.05, 0) is 30.5 Å². The minimum atomic E-state index is -0.932. The molecule has 1 heterocycles. The summed E-state index contributed by atoms with van der Waals surface area (Å²) >= 11 is 0. The average molecular weight is 375 g/mol. The number of ether oxygens (including phenoxy) is 1. The van der Waals surface area contributed by atoms with Gasteiger partial charge >= 0.3 is 12.0 Å². The lowest BCUT2D eigenvalue weighted by molar-refractivity contribution is -0.150. The predicted molar refractivity (Wildman–Crippen MR) is 92.1 cm³/mol. The maximum Gasteiger partial charge on any atom is 0.344 e. The van der Waals surface area contributed by atoms with Gasteiger partial charge in [-0.15, -0.1) is 0 Å². The molecule has 0 atom stereocenters. The van der Waals surface area contributed by atoms with Crippen molar-refractivity contribution in [3.63, 3.8) is 0 Å². The Kier molecular flexibility index (Phi) is 5.29. The van der Waals surface area contributed by atoms with Gasteiger partial charge in [0.15, 0.2) is 6.61 Å². The lowest BCUT2D eigenvalue weighted by atomic mass is 9.82. The van der Waals surface area contributed by atoms with E-state index in [1.807, 2.05) is 0 Å². The maximum atomic E-state index is 12.5. The van der Waals surface area contributed by atoms with Crippen molar-refractivity contribution in [1.29, 1.82) is 0 Å². The Balaban J connectivity index is 1.49. The molecule has 4 amide bonds. The number of nitrogens with zero attached hydrogens (tertiary/aromatic N) is 1. The van der Waals surface area contributed by atoms with E-state index in [9.17, 15) is 24.3 Å². The maximum absolute atomic E-state index is 12.5. The Bertz CT molecular complexity index is 755. The highest BCUT2D eigenvalue weighted by atomic mass is 16.5. The summed E-state index contributed by atoms with van der Waals surface area (Å²) in [6.45, 7) is -0.610. The molecule has 27 heavy (non-hydrogen) atoms. The van der Waals surface area contributed by atoms with Crippen LogP contribution in [0.3, 0.4) is 0 Å². The number of imide groups is 1. The summed E-state index contributed by atoms with van der Waals surface area (Å²) < 4.78 is 4.87. The van der Waals surface area contributed by atoms with E-state index in [-0.39, 0.29) is 12.2 Å². The zero-order chi connectivity index (χ0) is 19.4. The third-order valence-electron chi connectivity index (χ3n) is 4.75. The summed E-state index contributed by atoms with van der Waals surface area (Å²) in [5, 5.41) is 12.5. The molecule has 1 spiro atoms. The van der Waals surface area contributed by atoms with Crippen LogP contribution >= 0.6 is 0 Å². The van der Waals surface area contributed by atoms with Crippen molar-refractivity contribution < 1.29 is 29.0 Å². The second-order valence-electron chi connectivity index (χ2n) is 6.75. The van der Waals surface area contributed by atoms with Gasteiger partial charge in [0, 0.05) is 0 Å². The van der Waals surface area contributed by atoms with Crippen molar-refractivity contribution in [2.24, 2.45) is 0 Å². The Morgan fingerprint density at radius 2 is 1.81 bits per heavy atom. The second kappa shape index (κ2) is 7.65. The number of amides is 4. The molecule has 1 saturated heterocycles. The number of carbonyl (C=O) groups is 4. The summed E-state index contributed by atoms with van der Waals surface area (Å²) in [7, 11) is 0. The Labute approximate surface area is 155 Å². The molecule has 1 aliphatic heterocycles. The molecular weight excluding hydrogens is 354 g/mol. The van der Waals surface area contributed by atoms with Crippen LogP contribution in [0.25, 0.3) is 0 Å². The number of phenolic OH excluding ortho intramolecular Hbond substituents is 1. The number of benzene rings is 1. The standard InChI is InChI=1S/C18H21N3O6/c22-13-6-4-12(5-7-13)10-15(24)27-11-14(23)20-21-16(25)18(19-17(21)26)8-2-1-3-9-18/h4-7,22H,1-3,8-11H2,(H,19,26)(H,20,23). The summed E-state index contributed by atoms with van der Waals surface area (Å²) in [4.78, 5) is 48.3. The summed E-state index contributed by atoms with van der Waals surface area (Å²) in [5.74, 6) is -1.81. The number of esters is 1. The largest absolute Gasteiger partial charge is 0.508 e. The molecule has 144 valence electrons. The molecule has 1 aromatic carbocycles. The predicted octanol–water partition coefficient (Wildman–Crippen LogP) is 0.764. The molecule has 1 saturated carbocycles. The fraction of sp³-hybridized carbons (Fsp3) is 0.444. The molecule has 1 aliphatic carbocycles. The van der Waals surface area contributed by atoms with Crippen molar-refractivity contribution in [2.45, 2.75) is 44.1 Å². The Morgan fingerprint density at radius 1 is 1.15 bits per heavy atom. The van der Waals surface area contributed by atoms with Crippen LogP contribution in [0.5, 0.6) is 5.75 Å². The fourth-order valence-corrected chi connectivity index (χ4v) is 3.35. The number of hydrogen-bond donors (Lipinski definition) is 3. The molecule has 2 fully saturated rings. The van der Waals surface area contributed by atoms with Crippen LogP contribution in [-0.4, -0.2) is 46.1 Å². The van der Waals surface area contributed by atoms with Gasteiger partial charge < -0.3 is 15.2 Å². The third kappa shape index (κ3) is 4.18. The van der Waals surface area contributed by atoms with Crippen molar-refractivity contribution in [1.82, 2.24) is 15.8 Å². The molecule has 0 bridgehead atoms. The van der Waals surface area contributed by atoms with Gasteiger partial charge in [-0.25, -0.2) is 4.79 Å². The zero-order valence-corrected chi connectivity index (χ0v) is 14.7. The third-order valence-corrected chi connectivity index (χ3v) is 4.75. The molecule has 9 nitrogen and oxygen atoms in total. The van der Waals surface area contributed by atoms with Crippen molar-refractivity contribution in [3.8, 4) is 5.75 Å².